The molecule has 1 aromatic heterocycles. The Morgan fingerprint density at radius 2 is 1.42 bits per heavy atom. The third-order valence-electron chi connectivity index (χ3n) is 3.55. The molecule has 0 atom stereocenters. The number of nitrogens with zero attached hydrogens (tertiary/aromatic N) is 1. The maximum Gasteiger partial charge on any atom is 0.103 e. The first kappa shape index (κ1) is 18.7. The highest BCUT2D eigenvalue weighted by atomic mass is 79.9. The van der Waals surface area contributed by atoms with Crippen LogP contribution in [0.2, 0.25) is 0 Å². The minimum atomic E-state index is 0. The van der Waals surface area contributed by atoms with Crippen LogP contribution in [0.3, 0.4) is 0 Å². The van der Waals surface area contributed by atoms with Crippen molar-refractivity contribution in [3.05, 3.63) is 17.7 Å². The van der Waals surface area contributed by atoms with Gasteiger partial charge in [-0.05, 0) is 19.8 Å². The summed E-state index contributed by atoms with van der Waals surface area (Å²) in [6.07, 6.45) is 17.2. The molecule has 1 rings (SSSR count). The van der Waals surface area contributed by atoms with Crippen molar-refractivity contribution in [2.24, 2.45) is 0 Å². The van der Waals surface area contributed by atoms with Gasteiger partial charge in [-0.15, -0.1) is 17.0 Å². The first-order valence-electron chi connectivity index (χ1n) is 7.84. The van der Waals surface area contributed by atoms with Gasteiger partial charge in [-0.3, -0.25) is 0 Å². The maximum absolute atomic E-state index is 4.43. The van der Waals surface area contributed by atoms with E-state index >= 15 is 0 Å². The summed E-state index contributed by atoms with van der Waals surface area (Å²) in [5.74, 6) is 1.04. The molecule has 0 aliphatic rings. The monoisotopic (exact) mass is 330 g/mol. The quantitative estimate of drug-likeness (QED) is 0.513. The van der Waals surface area contributed by atoms with Gasteiger partial charge in [-0.2, -0.15) is 0 Å². The van der Waals surface area contributed by atoms with Gasteiger partial charge >= 0.3 is 0 Å². The zero-order valence-corrected chi connectivity index (χ0v) is 14.4. The van der Waals surface area contributed by atoms with Crippen LogP contribution in [0.5, 0.6) is 0 Å². The molecule has 0 aliphatic carbocycles. The number of rotatable bonds is 11. The maximum atomic E-state index is 4.43. The zero-order valence-electron chi connectivity index (χ0n) is 12.7. The first-order valence-corrected chi connectivity index (χ1v) is 7.84. The lowest BCUT2D eigenvalue weighted by molar-refractivity contribution is 0.555. The van der Waals surface area contributed by atoms with E-state index in [1.165, 1.54) is 69.9 Å². The van der Waals surface area contributed by atoms with Crippen molar-refractivity contribution >= 4 is 17.0 Å². The molecule has 1 N–H and O–H groups in total. The summed E-state index contributed by atoms with van der Waals surface area (Å²) in [5.41, 5.74) is 1.23. The van der Waals surface area contributed by atoms with Gasteiger partial charge in [-0.1, -0.05) is 64.7 Å². The second-order valence-corrected chi connectivity index (χ2v) is 5.41. The number of aromatic nitrogens is 2. The molecule has 1 aromatic rings. The number of nitrogens with one attached hydrogen (secondary N) is 1. The minimum absolute atomic E-state index is 0. The Balaban J connectivity index is 0.00000324. The van der Waals surface area contributed by atoms with Crippen LogP contribution in [0, 0.1) is 6.92 Å². The van der Waals surface area contributed by atoms with E-state index < -0.39 is 0 Å². The number of halogens is 1. The molecule has 0 amide bonds. The van der Waals surface area contributed by atoms with Crippen LogP contribution in [-0.4, -0.2) is 9.97 Å². The number of aryl methyl sites for hydroxylation is 2. The predicted molar refractivity (Wildman–Crippen MR) is 89.2 cm³/mol. The van der Waals surface area contributed by atoms with Gasteiger partial charge in [0.05, 0.1) is 5.69 Å². The fourth-order valence-corrected chi connectivity index (χ4v) is 2.39. The van der Waals surface area contributed by atoms with E-state index in [1.807, 2.05) is 13.1 Å². The van der Waals surface area contributed by atoms with Crippen molar-refractivity contribution in [2.45, 2.75) is 84.5 Å². The van der Waals surface area contributed by atoms with Crippen molar-refractivity contribution in [1.29, 1.82) is 0 Å². The summed E-state index contributed by atoms with van der Waals surface area (Å²) >= 11 is 0. The third kappa shape index (κ3) is 10.2. The Labute approximate surface area is 129 Å². The molecule has 0 unspecified atom stereocenters. The SMILES string of the molecule is Br.CCCCCCCCCCCCc1c[nH]c(C)n1. The van der Waals surface area contributed by atoms with Gasteiger partial charge in [0, 0.05) is 6.20 Å². The highest BCUT2D eigenvalue weighted by molar-refractivity contribution is 8.93. The third-order valence-corrected chi connectivity index (χ3v) is 3.55. The van der Waals surface area contributed by atoms with Crippen LogP contribution in [0.1, 0.15) is 82.7 Å². The lowest BCUT2D eigenvalue weighted by atomic mass is 10.1. The van der Waals surface area contributed by atoms with Gasteiger partial charge in [0.2, 0.25) is 0 Å². The zero-order chi connectivity index (χ0) is 13.1. The lowest BCUT2D eigenvalue weighted by Gasteiger charge is -2.01. The molecule has 1 heterocycles. The summed E-state index contributed by atoms with van der Waals surface area (Å²) in [4.78, 5) is 7.57. The van der Waals surface area contributed by atoms with Crippen LogP contribution in [-0.2, 0) is 6.42 Å². The molecule has 112 valence electrons. The molecule has 0 spiro atoms. The molecule has 0 aromatic carbocycles. The molecule has 19 heavy (non-hydrogen) atoms. The molecule has 0 fully saturated rings. The van der Waals surface area contributed by atoms with Crippen LogP contribution < -0.4 is 0 Å². The van der Waals surface area contributed by atoms with E-state index in [2.05, 4.69) is 16.9 Å². The molecule has 2 nitrogen and oxygen atoms in total. The van der Waals surface area contributed by atoms with Gasteiger partial charge in [-0.25, -0.2) is 4.98 Å². The number of imidazole rings is 1. The topological polar surface area (TPSA) is 28.7 Å². The normalized spacial score (nSPS) is 10.4. The van der Waals surface area contributed by atoms with Crippen molar-refractivity contribution < 1.29 is 0 Å². The second kappa shape index (κ2) is 12.7. The standard InChI is InChI=1S/C16H30N2.BrH/c1-3-4-5-6-7-8-9-10-11-12-13-16-14-17-15(2)18-16;/h14H,3-13H2,1-2H3,(H,17,18);1H. The fourth-order valence-electron chi connectivity index (χ4n) is 2.39. The minimum Gasteiger partial charge on any atom is -0.349 e. The smallest absolute Gasteiger partial charge is 0.103 e. The highest BCUT2D eigenvalue weighted by Gasteiger charge is 1.97. The highest BCUT2D eigenvalue weighted by Crippen LogP contribution is 2.11. The van der Waals surface area contributed by atoms with Crippen molar-refractivity contribution in [3.63, 3.8) is 0 Å². The Bertz CT molecular complexity index is 297. The average Bonchev–Trinajstić information content (AvgIpc) is 2.77. The van der Waals surface area contributed by atoms with Gasteiger partial charge in [0.15, 0.2) is 0 Å². The van der Waals surface area contributed by atoms with Gasteiger partial charge in [0.1, 0.15) is 5.82 Å². The van der Waals surface area contributed by atoms with E-state index in [9.17, 15) is 0 Å². The lowest BCUT2D eigenvalue weighted by Crippen LogP contribution is -1.87. The predicted octanol–water partition coefficient (Wildman–Crippen LogP) is 5.76. The number of hydrogen-bond donors (Lipinski definition) is 1. The summed E-state index contributed by atoms with van der Waals surface area (Å²) in [6, 6.07) is 0. The first-order chi connectivity index (χ1) is 8.83. The van der Waals surface area contributed by atoms with Crippen molar-refractivity contribution in [2.75, 3.05) is 0 Å². The van der Waals surface area contributed by atoms with Crippen molar-refractivity contribution in [3.8, 4) is 0 Å². The van der Waals surface area contributed by atoms with Crippen molar-refractivity contribution in [1.82, 2.24) is 9.97 Å². The molecule has 0 bridgehead atoms. The Morgan fingerprint density at radius 1 is 0.895 bits per heavy atom. The van der Waals surface area contributed by atoms with E-state index in [0.29, 0.717) is 0 Å². The van der Waals surface area contributed by atoms with E-state index in [-0.39, 0.29) is 17.0 Å². The summed E-state index contributed by atoms with van der Waals surface area (Å²) in [6.45, 7) is 4.29. The largest absolute Gasteiger partial charge is 0.349 e. The molecule has 0 radical (unpaired) electrons. The molecular weight excluding hydrogens is 300 g/mol. The molecular formula is C16H31BrN2. The summed E-state index contributed by atoms with van der Waals surface area (Å²) in [5, 5.41) is 0. The van der Waals surface area contributed by atoms with E-state index in [4.69, 9.17) is 0 Å². The van der Waals surface area contributed by atoms with Crippen LogP contribution >= 0.6 is 17.0 Å². The number of hydrogen-bond acceptors (Lipinski definition) is 1. The Kier molecular flexibility index (Phi) is 12.5. The van der Waals surface area contributed by atoms with Crippen LogP contribution in [0.15, 0.2) is 6.20 Å². The van der Waals surface area contributed by atoms with Gasteiger partial charge in [0.25, 0.3) is 0 Å². The number of H-pyrrole nitrogens is 1. The Morgan fingerprint density at radius 3 is 1.89 bits per heavy atom. The fraction of sp³-hybridized carbons (Fsp3) is 0.812. The Hall–Kier alpha value is -0.310. The molecule has 0 saturated heterocycles. The number of aromatic amines is 1. The van der Waals surface area contributed by atoms with Crippen LogP contribution in [0.4, 0.5) is 0 Å². The van der Waals surface area contributed by atoms with E-state index in [1.54, 1.807) is 0 Å². The molecule has 3 heteroatoms. The van der Waals surface area contributed by atoms with Gasteiger partial charge < -0.3 is 4.98 Å². The second-order valence-electron chi connectivity index (χ2n) is 5.41. The number of unbranched alkanes of at least 4 members (excludes halogenated alkanes) is 9. The average molecular weight is 331 g/mol. The molecule has 0 aliphatic heterocycles. The summed E-state index contributed by atoms with van der Waals surface area (Å²) in [7, 11) is 0. The van der Waals surface area contributed by atoms with Crippen LogP contribution in [0.25, 0.3) is 0 Å². The van der Waals surface area contributed by atoms with E-state index in [0.717, 1.165) is 12.2 Å². The summed E-state index contributed by atoms with van der Waals surface area (Å²) < 4.78 is 0. The molecule has 0 saturated carbocycles.